The molecule has 6 nitrogen and oxygen atoms in total. The van der Waals surface area contributed by atoms with Crippen molar-refractivity contribution < 1.29 is 9.53 Å². The second-order valence-corrected chi connectivity index (χ2v) is 4.53. The fraction of sp³-hybridized carbons (Fsp3) is 0.312. The first-order valence-corrected chi connectivity index (χ1v) is 6.33. The van der Waals surface area contributed by atoms with Gasteiger partial charge in [-0.15, -0.1) is 0 Å². The Labute approximate surface area is 128 Å². The standard InChI is InChI=1S/C16H12N4O2/c1-22-15(21)7-14(12-5-3-2-4-6-12)16(10-19,11-20)13(8-17)9-18/h2-6,13-14H,7H2,1H3. The molecule has 0 bridgehead atoms. The summed E-state index contributed by atoms with van der Waals surface area (Å²) in [7, 11) is 1.19. The van der Waals surface area contributed by atoms with Gasteiger partial charge < -0.3 is 4.74 Å². The van der Waals surface area contributed by atoms with E-state index in [-0.39, 0.29) is 6.42 Å². The highest BCUT2D eigenvalue weighted by molar-refractivity contribution is 5.71. The van der Waals surface area contributed by atoms with Gasteiger partial charge >= 0.3 is 5.97 Å². The number of esters is 1. The Morgan fingerprint density at radius 3 is 2.09 bits per heavy atom. The fourth-order valence-corrected chi connectivity index (χ4v) is 2.22. The first-order valence-electron chi connectivity index (χ1n) is 6.33. The summed E-state index contributed by atoms with van der Waals surface area (Å²) in [5.41, 5.74) is -1.44. The molecule has 0 amide bonds. The van der Waals surface area contributed by atoms with Crippen LogP contribution in [0.25, 0.3) is 0 Å². The van der Waals surface area contributed by atoms with E-state index in [4.69, 9.17) is 10.5 Å². The van der Waals surface area contributed by atoms with Crippen LogP contribution in [0.2, 0.25) is 0 Å². The van der Waals surface area contributed by atoms with E-state index in [1.807, 2.05) is 0 Å². The van der Waals surface area contributed by atoms with Crippen LogP contribution in [-0.2, 0) is 9.53 Å². The largest absolute Gasteiger partial charge is 0.469 e. The summed E-state index contributed by atoms with van der Waals surface area (Å²) in [5, 5.41) is 37.2. The topological polar surface area (TPSA) is 121 Å². The molecule has 0 saturated heterocycles. The zero-order valence-corrected chi connectivity index (χ0v) is 11.9. The van der Waals surface area contributed by atoms with Crippen LogP contribution in [0.4, 0.5) is 0 Å². The molecule has 0 radical (unpaired) electrons. The van der Waals surface area contributed by atoms with Gasteiger partial charge in [0, 0.05) is 5.92 Å². The van der Waals surface area contributed by atoms with Gasteiger partial charge in [-0.25, -0.2) is 0 Å². The van der Waals surface area contributed by atoms with Crippen LogP contribution in [0.1, 0.15) is 17.9 Å². The second-order valence-electron chi connectivity index (χ2n) is 4.53. The normalized spacial score (nSPS) is 11.4. The fourth-order valence-electron chi connectivity index (χ4n) is 2.22. The van der Waals surface area contributed by atoms with Crippen molar-refractivity contribution in [3.05, 3.63) is 35.9 Å². The third kappa shape index (κ3) is 3.04. The van der Waals surface area contributed by atoms with E-state index in [1.54, 1.807) is 54.6 Å². The van der Waals surface area contributed by atoms with Crippen LogP contribution in [-0.4, -0.2) is 13.1 Å². The number of rotatable bonds is 5. The lowest BCUT2D eigenvalue weighted by Gasteiger charge is -2.29. The molecule has 0 N–H and O–H groups in total. The molecule has 0 aliphatic rings. The number of carbonyl (C=O) groups excluding carboxylic acids is 1. The average Bonchev–Trinajstić information content (AvgIpc) is 2.58. The Kier molecular flexibility index (Phi) is 5.65. The number of nitrogens with zero attached hydrogens (tertiary/aromatic N) is 4. The highest BCUT2D eigenvalue weighted by Gasteiger charge is 2.49. The number of carbonyl (C=O) groups is 1. The molecule has 1 aromatic rings. The molecular weight excluding hydrogens is 280 g/mol. The van der Waals surface area contributed by atoms with Crippen molar-refractivity contribution in [3.63, 3.8) is 0 Å². The molecule has 0 spiro atoms. The third-order valence-electron chi connectivity index (χ3n) is 3.43. The molecule has 0 aliphatic carbocycles. The highest BCUT2D eigenvalue weighted by Crippen LogP contribution is 2.43. The number of hydrogen-bond acceptors (Lipinski definition) is 6. The van der Waals surface area contributed by atoms with E-state index in [0.29, 0.717) is 5.56 Å². The molecule has 108 valence electrons. The second kappa shape index (κ2) is 7.44. The number of nitriles is 4. The summed E-state index contributed by atoms with van der Waals surface area (Å²) < 4.78 is 4.61. The minimum absolute atomic E-state index is 0.276. The van der Waals surface area contributed by atoms with Gasteiger partial charge in [0.05, 0.1) is 37.8 Å². The number of methoxy groups -OCH3 is 1. The van der Waals surface area contributed by atoms with E-state index in [2.05, 4.69) is 4.74 Å². The molecule has 1 rings (SSSR count). The van der Waals surface area contributed by atoms with Crippen LogP contribution < -0.4 is 0 Å². The first kappa shape index (κ1) is 16.7. The SMILES string of the molecule is COC(=O)CC(c1ccccc1)C(C#N)(C#N)C(C#N)C#N. The van der Waals surface area contributed by atoms with Crippen molar-refractivity contribution in [2.24, 2.45) is 11.3 Å². The zero-order chi connectivity index (χ0) is 16.6. The number of benzene rings is 1. The summed E-state index contributed by atoms with van der Waals surface area (Å²) in [6.45, 7) is 0. The number of hydrogen-bond donors (Lipinski definition) is 0. The van der Waals surface area contributed by atoms with Crippen molar-refractivity contribution >= 4 is 5.97 Å². The molecule has 0 saturated carbocycles. The van der Waals surface area contributed by atoms with Crippen molar-refractivity contribution in [1.82, 2.24) is 0 Å². The van der Waals surface area contributed by atoms with Gasteiger partial charge in [-0.1, -0.05) is 30.3 Å². The highest BCUT2D eigenvalue weighted by atomic mass is 16.5. The molecule has 0 aromatic heterocycles. The van der Waals surface area contributed by atoms with Gasteiger partial charge in [0.25, 0.3) is 0 Å². The van der Waals surface area contributed by atoms with Gasteiger partial charge in [0.1, 0.15) is 0 Å². The van der Waals surface area contributed by atoms with Crippen LogP contribution >= 0.6 is 0 Å². The number of ether oxygens (including phenoxy) is 1. The summed E-state index contributed by atoms with van der Waals surface area (Å²) in [6.07, 6.45) is -0.276. The van der Waals surface area contributed by atoms with E-state index in [1.165, 1.54) is 7.11 Å². The Morgan fingerprint density at radius 2 is 1.68 bits per heavy atom. The van der Waals surface area contributed by atoms with Crippen LogP contribution in [0.3, 0.4) is 0 Å². The monoisotopic (exact) mass is 292 g/mol. The Bertz CT molecular complexity index is 673. The Balaban J connectivity index is 3.51. The average molecular weight is 292 g/mol. The van der Waals surface area contributed by atoms with Gasteiger partial charge in [-0.2, -0.15) is 21.0 Å². The Hall–Kier alpha value is -3.35. The molecule has 1 atom stereocenters. The van der Waals surface area contributed by atoms with Gasteiger partial charge in [-0.05, 0) is 5.56 Å². The molecule has 1 aromatic carbocycles. The molecule has 1 unspecified atom stereocenters. The minimum Gasteiger partial charge on any atom is -0.469 e. The van der Waals surface area contributed by atoms with Gasteiger partial charge in [0.15, 0.2) is 11.3 Å². The van der Waals surface area contributed by atoms with E-state index < -0.39 is 23.2 Å². The predicted octanol–water partition coefficient (Wildman–Crippen LogP) is 2.03. The molecule has 22 heavy (non-hydrogen) atoms. The summed E-state index contributed by atoms with van der Waals surface area (Å²) in [6, 6.07) is 15.3. The van der Waals surface area contributed by atoms with Crippen LogP contribution in [0, 0.1) is 56.7 Å². The predicted molar refractivity (Wildman–Crippen MR) is 74.2 cm³/mol. The maximum absolute atomic E-state index is 11.7. The molecule has 0 fully saturated rings. The summed E-state index contributed by atoms with van der Waals surface area (Å²) in [5.74, 6) is -3.06. The molecule has 0 heterocycles. The van der Waals surface area contributed by atoms with E-state index in [0.717, 1.165) is 0 Å². The maximum Gasteiger partial charge on any atom is 0.306 e. The molecule has 0 aliphatic heterocycles. The Morgan fingerprint density at radius 1 is 1.14 bits per heavy atom. The zero-order valence-electron chi connectivity index (χ0n) is 11.9. The minimum atomic E-state index is -1.96. The van der Waals surface area contributed by atoms with Gasteiger partial charge in [0.2, 0.25) is 0 Å². The van der Waals surface area contributed by atoms with E-state index >= 15 is 0 Å². The molecular formula is C16H12N4O2. The summed E-state index contributed by atoms with van der Waals surface area (Å²) >= 11 is 0. The smallest absolute Gasteiger partial charge is 0.306 e. The van der Waals surface area contributed by atoms with Crippen LogP contribution in [0.5, 0.6) is 0 Å². The lowest BCUT2D eigenvalue weighted by atomic mass is 9.65. The maximum atomic E-state index is 11.7. The van der Waals surface area contributed by atoms with Gasteiger partial charge in [-0.3, -0.25) is 4.79 Å². The molecule has 6 heteroatoms. The van der Waals surface area contributed by atoms with Crippen molar-refractivity contribution in [1.29, 1.82) is 21.0 Å². The van der Waals surface area contributed by atoms with Crippen molar-refractivity contribution in [2.75, 3.05) is 7.11 Å². The third-order valence-corrected chi connectivity index (χ3v) is 3.43. The first-order chi connectivity index (χ1) is 10.6. The lowest BCUT2D eigenvalue weighted by molar-refractivity contribution is -0.141. The summed E-state index contributed by atoms with van der Waals surface area (Å²) in [4.78, 5) is 11.7. The van der Waals surface area contributed by atoms with E-state index in [9.17, 15) is 15.3 Å². The quantitative estimate of drug-likeness (QED) is 0.765. The lowest BCUT2D eigenvalue weighted by Crippen LogP contribution is -2.34. The van der Waals surface area contributed by atoms with Crippen LogP contribution in [0.15, 0.2) is 30.3 Å². The van der Waals surface area contributed by atoms with Crippen molar-refractivity contribution in [3.8, 4) is 24.3 Å². The van der Waals surface area contributed by atoms with Crippen molar-refractivity contribution in [2.45, 2.75) is 12.3 Å².